The van der Waals surface area contributed by atoms with Gasteiger partial charge < -0.3 is 0 Å². The number of hydrogen-bond acceptors (Lipinski definition) is 0. The maximum Gasteiger partial charge on any atom is -0.0210 e. The molecule has 0 aromatic carbocycles. The lowest BCUT2D eigenvalue weighted by Gasteiger charge is -2.30. The first-order valence-electron chi connectivity index (χ1n) is 5.71. The first-order valence-corrected chi connectivity index (χ1v) is 5.71. The Bertz CT molecular complexity index is 125. The molecule has 0 aromatic rings. The maximum absolute atomic E-state index is 2.41. The molecule has 0 aliphatic heterocycles. The van der Waals surface area contributed by atoms with E-state index in [0.29, 0.717) is 0 Å². The Morgan fingerprint density at radius 2 is 1.50 bits per heavy atom. The molecule has 0 atom stereocenters. The largest absolute Gasteiger partial charge is 0.0625 e. The third-order valence-corrected chi connectivity index (χ3v) is 3.84. The lowest BCUT2D eigenvalue weighted by molar-refractivity contribution is 0.293. The van der Waals surface area contributed by atoms with Gasteiger partial charge in [-0.2, -0.15) is 0 Å². The van der Waals surface area contributed by atoms with E-state index >= 15 is 0 Å². The minimum Gasteiger partial charge on any atom is -0.0625 e. The molecule has 0 spiro atoms. The van der Waals surface area contributed by atoms with Crippen LogP contribution in [0.1, 0.15) is 58.3 Å². The fourth-order valence-electron chi connectivity index (χ4n) is 2.91. The predicted molar refractivity (Wildman–Crippen MR) is 52.8 cm³/mol. The van der Waals surface area contributed by atoms with Gasteiger partial charge >= 0.3 is 0 Å². The van der Waals surface area contributed by atoms with E-state index in [4.69, 9.17) is 0 Å². The molecule has 69 valence electrons. The first-order chi connectivity index (χ1) is 5.86. The van der Waals surface area contributed by atoms with Crippen molar-refractivity contribution in [3.63, 3.8) is 0 Å². The highest BCUT2D eigenvalue weighted by Crippen LogP contribution is 2.41. The van der Waals surface area contributed by atoms with Gasteiger partial charge in [-0.05, 0) is 43.4 Å². The van der Waals surface area contributed by atoms with E-state index < -0.39 is 0 Å². The fourth-order valence-corrected chi connectivity index (χ4v) is 2.91. The molecule has 0 aromatic heterocycles. The van der Waals surface area contributed by atoms with E-state index in [1.165, 1.54) is 51.4 Å². The average Bonchev–Trinajstić information content (AvgIpc) is 2.58. The van der Waals surface area contributed by atoms with Gasteiger partial charge in [-0.25, -0.2) is 0 Å². The SMILES string of the molecule is CC1CCC([C]2CCCC2)CC1. The molecule has 2 fully saturated rings. The summed E-state index contributed by atoms with van der Waals surface area (Å²) in [6.45, 7) is 2.41. The zero-order valence-electron chi connectivity index (χ0n) is 8.31. The van der Waals surface area contributed by atoms with E-state index in [0.717, 1.165) is 11.8 Å². The van der Waals surface area contributed by atoms with Gasteiger partial charge in [0.1, 0.15) is 0 Å². The molecule has 0 unspecified atom stereocenters. The highest BCUT2D eigenvalue weighted by Gasteiger charge is 2.28. The van der Waals surface area contributed by atoms with Crippen LogP contribution in [0.25, 0.3) is 0 Å². The number of rotatable bonds is 1. The van der Waals surface area contributed by atoms with Crippen LogP contribution in [0.3, 0.4) is 0 Å². The van der Waals surface area contributed by atoms with Crippen LogP contribution in [0.15, 0.2) is 0 Å². The summed E-state index contributed by atoms with van der Waals surface area (Å²) in [5.74, 6) is 3.99. The van der Waals surface area contributed by atoms with Crippen molar-refractivity contribution >= 4 is 0 Å². The molecule has 1 radical (unpaired) electrons. The zero-order valence-corrected chi connectivity index (χ0v) is 8.31. The highest BCUT2D eigenvalue weighted by molar-refractivity contribution is 5.01. The molecule has 0 nitrogen and oxygen atoms in total. The first kappa shape index (κ1) is 8.59. The molecule has 0 heterocycles. The Morgan fingerprint density at radius 1 is 0.917 bits per heavy atom. The van der Waals surface area contributed by atoms with Gasteiger partial charge in [0.15, 0.2) is 0 Å². The van der Waals surface area contributed by atoms with Crippen LogP contribution in [-0.2, 0) is 0 Å². The van der Waals surface area contributed by atoms with E-state index in [-0.39, 0.29) is 0 Å². The summed E-state index contributed by atoms with van der Waals surface area (Å²) in [5.41, 5.74) is 0. The van der Waals surface area contributed by atoms with Crippen molar-refractivity contribution in [2.45, 2.75) is 58.3 Å². The quantitative estimate of drug-likeness (QED) is 0.551. The molecule has 0 heteroatoms. The summed E-state index contributed by atoms with van der Waals surface area (Å²) >= 11 is 0. The molecular weight excluding hydrogens is 144 g/mol. The molecule has 2 saturated carbocycles. The minimum absolute atomic E-state index is 1.02. The Kier molecular flexibility index (Phi) is 2.73. The van der Waals surface area contributed by atoms with Crippen molar-refractivity contribution in [2.24, 2.45) is 11.8 Å². The summed E-state index contributed by atoms with van der Waals surface area (Å²) in [6, 6.07) is 0. The smallest absolute Gasteiger partial charge is 0.0210 e. The van der Waals surface area contributed by atoms with Crippen LogP contribution in [-0.4, -0.2) is 0 Å². The standard InChI is InChI=1S/C12H21/c1-10-6-8-12(9-7-10)11-4-2-3-5-11/h10,12H,2-9H2,1H3. The second kappa shape index (κ2) is 3.81. The van der Waals surface area contributed by atoms with Gasteiger partial charge in [0, 0.05) is 0 Å². The molecule has 0 N–H and O–H groups in total. The second-order valence-electron chi connectivity index (χ2n) is 4.82. The third-order valence-electron chi connectivity index (χ3n) is 3.84. The van der Waals surface area contributed by atoms with Gasteiger partial charge in [-0.15, -0.1) is 0 Å². The summed E-state index contributed by atoms with van der Waals surface area (Å²) in [6.07, 6.45) is 11.9. The molecule has 0 bridgehead atoms. The van der Waals surface area contributed by atoms with Crippen LogP contribution < -0.4 is 0 Å². The van der Waals surface area contributed by atoms with Crippen LogP contribution in [0.4, 0.5) is 0 Å². The highest BCUT2D eigenvalue weighted by atomic mass is 14.3. The molecule has 2 rings (SSSR count). The molecular formula is C12H21. The average molecular weight is 165 g/mol. The minimum atomic E-state index is 1.02. The van der Waals surface area contributed by atoms with Crippen LogP contribution in [0.2, 0.25) is 0 Å². The maximum atomic E-state index is 2.41. The van der Waals surface area contributed by atoms with Crippen LogP contribution in [0.5, 0.6) is 0 Å². The Balaban J connectivity index is 1.80. The van der Waals surface area contributed by atoms with Crippen molar-refractivity contribution in [1.29, 1.82) is 0 Å². The van der Waals surface area contributed by atoms with E-state index in [9.17, 15) is 0 Å². The van der Waals surface area contributed by atoms with Gasteiger partial charge in [-0.1, -0.05) is 32.6 Å². The topological polar surface area (TPSA) is 0 Å². The summed E-state index contributed by atoms with van der Waals surface area (Å²) in [5, 5.41) is 0. The fraction of sp³-hybridized carbons (Fsp3) is 0.917. The van der Waals surface area contributed by atoms with E-state index in [1.807, 2.05) is 5.92 Å². The molecule has 12 heavy (non-hydrogen) atoms. The summed E-state index contributed by atoms with van der Waals surface area (Å²) in [4.78, 5) is 0. The van der Waals surface area contributed by atoms with Crippen molar-refractivity contribution in [1.82, 2.24) is 0 Å². The van der Waals surface area contributed by atoms with Gasteiger partial charge in [-0.3, -0.25) is 0 Å². The second-order valence-corrected chi connectivity index (χ2v) is 4.82. The predicted octanol–water partition coefficient (Wildman–Crippen LogP) is 3.96. The van der Waals surface area contributed by atoms with Crippen molar-refractivity contribution < 1.29 is 0 Å². The van der Waals surface area contributed by atoms with Crippen LogP contribution >= 0.6 is 0 Å². The van der Waals surface area contributed by atoms with Crippen molar-refractivity contribution in [3.05, 3.63) is 5.92 Å². The zero-order chi connectivity index (χ0) is 8.39. The van der Waals surface area contributed by atoms with Crippen molar-refractivity contribution in [2.75, 3.05) is 0 Å². The number of hydrogen-bond donors (Lipinski definition) is 0. The summed E-state index contributed by atoms with van der Waals surface area (Å²) in [7, 11) is 0. The molecule has 2 aliphatic rings. The molecule has 0 saturated heterocycles. The van der Waals surface area contributed by atoms with Crippen molar-refractivity contribution in [3.8, 4) is 0 Å². The van der Waals surface area contributed by atoms with Gasteiger partial charge in [0.05, 0.1) is 0 Å². The third kappa shape index (κ3) is 1.84. The Morgan fingerprint density at radius 3 is 2.08 bits per heavy atom. The lowest BCUT2D eigenvalue weighted by atomic mass is 9.76. The van der Waals surface area contributed by atoms with Gasteiger partial charge in [0.2, 0.25) is 0 Å². The summed E-state index contributed by atoms with van der Waals surface area (Å²) < 4.78 is 0. The molecule has 2 aliphatic carbocycles. The van der Waals surface area contributed by atoms with Gasteiger partial charge in [0.25, 0.3) is 0 Å². The monoisotopic (exact) mass is 165 g/mol. The lowest BCUT2D eigenvalue weighted by Crippen LogP contribution is -2.17. The molecule has 0 amide bonds. The normalized spacial score (nSPS) is 38.8. The Labute approximate surface area is 76.7 Å². The van der Waals surface area contributed by atoms with E-state index in [2.05, 4.69) is 6.92 Å². The Hall–Kier alpha value is 0. The van der Waals surface area contributed by atoms with Crippen LogP contribution in [0, 0.1) is 17.8 Å². The van der Waals surface area contributed by atoms with E-state index in [1.54, 1.807) is 0 Å².